The van der Waals surface area contributed by atoms with Crippen molar-refractivity contribution in [3.05, 3.63) is 89.6 Å². The summed E-state index contributed by atoms with van der Waals surface area (Å²) in [6, 6.07) is 21.7. The highest BCUT2D eigenvalue weighted by Gasteiger charge is 2.18. The molecule has 2 heterocycles. The summed E-state index contributed by atoms with van der Waals surface area (Å²) in [6.07, 6.45) is 2.69. The second-order valence-electron chi connectivity index (χ2n) is 6.76. The molecule has 0 spiro atoms. The molecule has 0 atom stereocenters. The minimum atomic E-state index is -0.113. The van der Waals surface area contributed by atoms with Gasteiger partial charge >= 0.3 is 0 Å². The molecule has 0 fully saturated rings. The van der Waals surface area contributed by atoms with Crippen LogP contribution in [-0.2, 0) is 13.0 Å². The van der Waals surface area contributed by atoms with Crippen molar-refractivity contribution in [2.75, 3.05) is 24.6 Å². The molecule has 0 bridgehead atoms. The Morgan fingerprint density at radius 2 is 1.82 bits per heavy atom. The van der Waals surface area contributed by atoms with Crippen LogP contribution in [0.4, 0.5) is 5.82 Å². The predicted molar refractivity (Wildman–Crippen MR) is 110 cm³/mol. The van der Waals surface area contributed by atoms with E-state index in [-0.39, 0.29) is 5.91 Å². The fourth-order valence-corrected chi connectivity index (χ4v) is 3.38. The SMILES string of the molecule is O=C(NCCOc1ccccc1)c1ccnc(N2CCc3ccccc3C2)c1. The maximum absolute atomic E-state index is 12.5. The van der Waals surface area contributed by atoms with Crippen molar-refractivity contribution < 1.29 is 9.53 Å². The maximum atomic E-state index is 12.5. The lowest BCUT2D eigenvalue weighted by Crippen LogP contribution is -2.32. The lowest BCUT2D eigenvalue weighted by molar-refractivity contribution is 0.0947. The normalized spacial score (nSPS) is 12.9. The fraction of sp³-hybridized carbons (Fsp3) is 0.217. The minimum Gasteiger partial charge on any atom is -0.492 e. The highest BCUT2D eigenvalue weighted by Crippen LogP contribution is 2.23. The molecule has 0 saturated carbocycles. The number of amides is 1. The van der Waals surface area contributed by atoms with Gasteiger partial charge in [-0.2, -0.15) is 0 Å². The second-order valence-corrected chi connectivity index (χ2v) is 6.76. The van der Waals surface area contributed by atoms with Gasteiger partial charge in [0.2, 0.25) is 0 Å². The Balaban J connectivity index is 1.34. The molecule has 0 saturated heterocycles. The zero-order valence-corrected chi connectivity index (χ0v) is 15.7. The Hall–Kier alpha value is -3.34. The molecule has 1 N–H and O–H groups in total. The standard InChI is InChI=1S/C23H23N3O2/c27-23(25-13-15-28-21-8-2-1-3-9-21)19-10-12-24-22(16-19)26-14-11-18-6-4-5-7-20(18)17-26/h1-10,12,16H,11,13-15,17H2,(H,25,27). The van der Waals surface area contributed by atoms with Crippen LogP contribution < -0.4 is 15.0 Å². The molecule has 0 aliphatic carbocycles. The summed E-state index contributed by atoms with van der Waals surface area (Å²) in [5.74, 6) is 1.52. The number of hydrogen-bond donors (Lipinski definition) is 1. The Bertz CT molecular complexity index is 943. The lowest BCUT2D eigenvalue weighted by atomic mass is 10.00. The number of carbonyl (C=O) groups excluding carboxylic acids is 1. The van der Waals surface area contributed by atoms with Gasteiger partial charge in [0.05, 0.1) is 6.54 Å². The topological polar surface area (TPSA) is 54.5 Å². The van der Waals surface area contributed by atoms with Gasteiger partial charge in [-0.05, 0) is 41.8 Å². The highest BCUT2D eigenvalue weighted by molar-refractivity contribution is 5.94. The van der Waals surface area contributed by atoms with Crippen LogP contribution in [0, 0.1) is 0 Å². The summed E-state index contributed by atoms with van der Waals surface area (Å²) in [7, 11) is 0. The van der Waals surface area contributed by atoms with E-state index in [2.05, 4.69) is 39.5 Å². The third kappa shape index (κ3) is 4.31. The van der Waals surface area contributed by atoms with Crippen LogP contribution >= 0.6 is 0 Å². The number of carbonyl (C=O) groups is 1. The van der Waals surface area contributed by atoms with Crippen LogP contribution in [-0.4, -0.2) is 30.6 Å². The summed E-state index contributed by atoms with van der Waals surface area (Å²) in [4.78, 5) is 19.2. The molecule has 5 nitrogen and oxygen atoms in total. The number of fused-ring (bicyclic) bond motifs is 1. The van der Waals surface area contributed by atoms with Gasteiger partial charge in [-0.25, -0.2) is 4.98 Å². The van der Waals surface area contributed by atoms with Crippen molar-refractivity contribution in [3.63, 3.8) is 0 Å². The molecule has 0 unspecified atom stereocenters. The van der Waals surface area contributed by atoms with E-state index in [1.807, 2.05) is 36.4 Å². The van der Waals surface area contributed by atoms with Crippen molar-refractivity contribution in [1.29, 1.82) is 0 Å². The molecule has 142 valence electrons. The summed E-state index contributed by atoms with van der Waals surface area (Å²) >= 11 is 0. The summed E-state index contributed by atoms with van der Waals surface area (Å²) in [6.45, 7) is 2.60. The third-order valence-corrected chi connectivity index (χ3v) is 4.86. The largest absolute Gasteiger partial charge is 0.492 e. The number of benzene rings is 2. The molecule has 1 aliphatic heterocycles. The summed E-state index contributed by atoms with van der Waals surface area (Å²) in [5, 5.41) is 2.90. The molecule has 5 heteroatoms. The van der Waals surface area contributed by atoms with E-state index >= 15 is 0 Å². The monoisotopic (exact) mass is 373 g/mol. The number of nitrogens with zero attached hydrogens (tertiary/aromatic N) is 2. The van der Waals surface area contributed by atoms with Gasteiger partial charge in [-0.15, -0.1) is 0 Å². The van der Waals surface area contributed by atoms with Crippen LogP contribution in [0.15, 0.2) is 72.9 Å². The number of nitrogens with one attached hydrogen (secondary N) is 1. The Labute approximate surface area is 165 Å². The van der Waals surface area contributed by atoms with Gasteiger partial charge in [-0.1, -0.05) is 42.5 Å². The first-order valence-corrected chi connectivity index (χ1v) is 9.53. The number of hydrogen-bond acceptors (Lipinski definition) is 4. The number of pyridine rings is 1. The highest BCUT2D eigenvalue weighted by atomic mass is 16.5. The number of para-hydroxylation sites is 1. The second kappa shape index (κ2) is 8.57. The molecule has 2 aromatic carbocycles. The van der Waals surface area contributed by atoms with Gasteiger partial charge in [0.25, 0.3) is 5.91 Å². The molecule has 1 amide bonds. The lowest BCUT2D eigenvalue weighted by Gasteiger charge is -2.29. The van der Waals surface area contributed by atoms with Crippen LogP contribution in [0.5, 0.6) is 5.75 Å². The molecular formula is C23H23N3O2. The van der Waals surface area contributed by atoms with E-state index in [0.29, 0.717) is 18.7 Å². The maximum Gasteiger partial charge on any atom is 0.251 e. The quantitative estimate of drug-likeness (QED) is 0.673. The Kier molecular flexibility index (Phi) is 5.52. The van der Waals surface area contributed by atoms with Crippen molar-refractivity contribution in [1.82, 2.24) is 10.3 Å². The first kappa shape index (κ1) is 18.0. The van der Waals surface area contributed by atoms with Crippen molar-refractivity contribution in [3.8, 4) is 5.75 Å². The predicted octanol–water partition coefficient (Wildman–Crippen LogP) is 3.45. The molecule has 0 radical (unpaired) electrons. The van der Waals surface area contributed by atoms with Gasteiger partial charge in [0, 0.05) is 24.8 Å². The molecular weight excluding hydrogens is 350 g/mol. The van der Waals surface area contributed by atoms with Gasteiger partial charge in [0.1, 0.15) is 18.2 Å². The van der Waals surface area contributed by atoms with E-state index in [9.17, 15) is 4.79 Å². The first-order valence-electron chi connectivity index (χ1n) is 9.53. The van der Waals surface area contributed by atoms with Crippen LogP contribution in [0.1, 0.15) is 21.5 Å². The van der Waals surface area contributed by atoms with E-state index in [0.717, 1.165) is 31.1 Å². The molecule has 3 aromatic rings. The molecule has 28 heavy (non-hydrogen) atoms. The average molecular weight is 373 g/mol. The van der Waals surface area contributed by atoms with Crippen molar-refractivity contribution >= 4 is 11.7 Å². The number of anilines is 1. The smallest absolute Gasteiger partial charge is 0.251 e. The van der Waals surface area contributed by atoms with Gasteiger partial charge in [0.15, 0.2) is 0 Å². The Morgan fingerprint density at radius 3 is 2.68 bits per heavy atom. The summed E-state index contributed by atoms with van der Waals surface area (Å²) < 4.78 is 5.61. The van der Waals surface area contributed by atoms with E-state index in [4.69, 9.17) is 4.74 Å². The first-order chi connectivity index (χ1) is 13.8. The Morgan fingerprint density at radius 1 is 1.04 bits per heavy atom. The molecule has 1 aromatic heterocycles. The van der Waals surface area contributed by atoms with E-state index in [1.54, 1.807) is 12.3 Å². The minimum absolute atomic E-state index is 0.113. The summed E-state index contributed by atoms with van der Waals surface area (Å²) in [5.41, 5.74) is 3.33. The fourth-order valence-electron chi connectivity index (χ4n) is 3.38. The van der Waals surface area contributed by atoms with E-state index in [1.165, 1.54) is 11.1 Å². The van der Waals surface area contributed by atoms with Gasteiger partial charge in [-0.3, -0.25) is 4.79 Å². The number of rotatable bonds is 6. The van der Waals surface area contributed by atoms with Gasteiger partial charge < -0.3 is 15.0 Å². The van der Waals surface area contributed by atoms with E-state index < -0.39 is 0 Å². The average Bonchev–Trinajstić information content (AvgIpc) is 2.77. The van der Waals surface area contributed by atoms with Crippen LogP contribution in [0.2, 0.25) is 0 Å². The number of ether oxygens (including phenoxy) is 1. The molecule has 4 rings (SSSR count). The number of aromatic nitrogens is 1. The third-order valence-electron chi connectivity index (χ3n) is 4.86. The van der Waals surface area contributed by atoms with Crippen LogP contribution in [0.3, 0.4) is 0 Å². The van der Waals surface area contributed by atoms with Crippen molar-refractivity contribution in [2.24, 2.45) is 0 Å². The molecule has 1 aliphatic rings. The zero-order chi connectivity index (χ0) is 19.2. The van der Waals surface area contributed by atoms with Crippen LogP contribution in [0.25, 0.3) is 0 Å². The zero-order valence-electron chi connectivity index (χ0n) is 15.7. The van der Waals surface area contributed by atoms with Crippen molar-refractivity contribution in [2.45, 2.75) is 13.0 Å².